The largest absolute Gasteiger partial charge is 0.307 e. The molecule has 0 aliphatic rings. The molecule has 25 heavy (non-hydrogen) atoms. The summed E-state index contributed by atoms with van der Waals surface area (Å²) < 4.78 is 1.61. The van der Waals surface area contributed by atoms with Crippen molar-refractivity contribution >= 4 is 23.1 Å². The molecule has 0 fully saturated rings. The average Bonchev–Trinajstić information content (AvgIpc) is 2.99. The second-order valence-corrected chi connectivity index (χ2v) is 5.78. The van der Waals surface area contributed by atoms with Gasteiger partial charge < -0.3 is 5.32 Å². The summed E-state index contributed by atoms with van der Waals surface area (Å²) in [6.45, 7) is 3.87. The molecule has 1 N–H and O–H groups in total. The molecule has 1 aromatic heterocycles. The van der Waals surface area contributed by atoms with E-state index >= 15 is 0 Å². The van der Waals surface area contributed by atoms with E-state index in [0.29, 0.717) is 17.1 Å². The van der Waals surface area contributed by atoms with Crippen LogP contribution in [0.5, 0.6) is 0 Å². The zero-order chi connectivity index (χ0) is 17.8. The quantitative estimate of drug-likeness (QED) is 0.703. The van der Waals surface area contributed by atoms with Gasteiger partial charge in [-0.2, -0.15) is 15.3 Å². The number of rotatable bonds is 4. The molecule has 0 unspecified atom stereocenters. The topological polar surface area (TPSA) is 71.6 Å². The minimum Gasteiger partial charge on any atom is -0.307 e. The van der Waals surface area contributed by atoms with Crippen LogP contribution in [-0.4, -0.2) is 15.7 Å². The van der Waals surface area contributed by atoms with Gasteiger partial charge in [0, 0.05) is 18.7 Å². The summed E-state index contributed by atoms with van der Waals surface area (Å²) in [6.07, 6.45) is 1.64. The van der Waals surface area contributed by atoms with E-state index < -0.39 is 0 Å². The lowest BCUT2D eigenvalue weighted by Crippen LogP contribution is -2.15. The molecule has 126 valence electrons. The Balaban J connectivity index is 1.78. The standard InChI is InChI=1S/C19H19N5O/c1-13-6-4-5-7-17(13)23-22-15-8-9-16(14(2)12-15)19(25)21-18-10-11-20-24(18)3/h4-12H,1-3H3,(H,21,25). The number of nitrogens with zero attached hydrogens (tertiary/aromatic N) is 4. The lowest BCUT2D eigenvalue weighted by molar-refractivity contribution is 0.102. The molecule has 0 atom stereocenters. The first-order chi connectivity index (χ1) is 12.0. The van der Waals surface area contributed by atoms with Gasteiger partial charge in [0.25, 0.3) is 5.91 Å². The van der Waals surface area contributed by atoms with Crippen molar-refractivity contribution in [2.24, 2.45) is 17.3 Å². The molecular weight excluding hydrogens is 314 g/mol. The highest BCUT2D eigenvalue weighted by atomic mass is 16.1. The molecule has 3 rings (SSSR count). The summed E-state index contributed by atoms with van der Waals surface area (Å²) in [5, 5.41) is 15.4. The smallest absolute Gasteiger partial charge is 0.257 e. The number of hydrogen-bond acceptors (Lipinski definition) is 4. The Bertz CT molecular complexity index is 942. The average molecular weight is 333 g/mol. The van der Waals surface area contributed by atoms with E-state index in [1.54, 1.807) is 36.1 Å². The van der Waals surface area contributed by atoms with Gasteiger partial charge in [-0.25, -0.2) is 0 Å². The number of hydrogen-bond donors (Lipinski definition) is 1. The third-order valence-corrected chi connectivity index (χ3v) is 3.91. The summed E-state index contributed by atoms with van der Waals surface area (Å²) in [7, 11) is 1.78. The zero-order valence-corrected chi connectivity index (χ0v) is 14.4. The Morgan fingerprint density at radius 1 is 1.04 bits per heavy atom. The van der Waals surface area contributed by atoms with Crippen LogP contribution in [0.2, 0.25) is 0 Å². The number of aryl methyl sites for hydroxylation is 3. The van der Waals surface area contributed by atoms with Gasteiger partial charge in [-0.1, -0.05) is 18.2 Å². The fraction of sp³-hybridized carbons (Fsp3) is 0.158. The minimum absolute atomic E-state index is 0.177. The number of benzene rings is 2. The molecule has 0 radical (unpaired) electrons. The SMILES string of the molecule is Cc1ccccc1N=Nc1ccc(C(=O)Nc2ccnn2C)c(C)c1. The number of anilines is 1. The van der Waals surface area contributed by atoms with E-state index in [1.807, 2.05) is 44.2 Å². The summed E-state index contributed by atoms with van der Waals surface area (Å²) >= 11 is 0. The van der Waals surface area contributed by atoms with Crippen LogP contribution in [0, 0.1) is 13.8 Å². The molecule has 0 bridgehead atoms. The molecule has 0 saturated heterocycles. The van der Waals surface area contributed by atoms with Gasteiger partial charge in [0.2, 0.25) is 0 Å². The summed E-state index contributed by atoms with van der Waals surface area (Å²) in [4.78, 5) is 12.4. The van der Waals surface area contributed by atoms with Crippen molar-refractivity contribution in [2.45, 2.75) is 13.8 Å². The van der Waals surface area contributed by atoms with E-state index in [2.05, 4.69) is 20.6 Å². The molecule has 1 heterocycles. The van der Waals surface area contributed by atoms with Gasteiger partial charge >= 0.3 is 0 Å². The number of aromatic nitrogens is 2. The van der Waals surface area contributed by atoms with Gasteiger partial charge in [-0.05, 0) is 49.2 Å². The Labute approximate surface area is 146 Å². The molecule has 3 aromatic rings. The fourth-order valence-corrected chi connectivity index (χ4v) is 2.43. The van der Waals surface area contributed by atoms with Crippen molar-refractivity contribution in [3.05, 3.63) is 71.4 Å². The first kappa shape index (κ1) is 16.6. The third-order valence-electron chi connectivity index (χ3n) is 3.91. The van der Waals surface area contributed by atoms with Gasteiger partial charge in [0.15, 0.2) is 0 Å². The molecule has 0 aliphatic heterocycles. The minimum atomic E-state index is -0.177. The van der Waals surface area contributed by atoms with E-state index in [-0.39, 0.29) is 5.91 Å². The predicted molar refractivity (Wildman–Crippen MR) is 97.7 cm³/mol. The van der Waals surface area contributed by atoms with Crippen molar-refractivity contribution in [2.75, 3.05) is 5.32 Å². The maximum atomic E-state index is 12.4. The Kier molecular flexibility index (Phi) is 4.70. The third kappa shape index (κ3) is 3.80. The van der Waals surface area contributed by atoms with E-state index in [1.165, 1.54) is 0 Å². The Morgan fingerprint density at radius 3 is 2.52 bits per heavy atom. The molecular formula is C19H19N5O. The molecule has 0 aliphatic carbocycles. The number of azo groups is 1. The zero-order valence-electron chi connectivity index (χ0n) is 14.4. The first-order valence-electron chi connectivity index (χ1n) is 7.92. The van der Waals surface area contributed by atoms with Crippen LogP contribution in [-0.2, 0) is 7.05 Å². The Morgan fingerprint density at radius 2 is 1.84 bits per heavy atom. The maximum absolute atomic E-state index is 12.4. The monoisotopic (exact) mass is 333 g/mol. The van der Waals surface area contributed by atoms with Crippen LogP contribution in [0.15, 0.2) is 65.0 Å². The highest BCUT2D eigenvalue weighted by Gasteiger charge is 2.11. The van der Waals surface area contributed by atoms with Crippen molar-refractivity contribution in [3.63, 3.8) is 0 Å². The van der Waals surface area contributed by atoms with Crippen LogP contribution < -0.4 is 5.32 Å². The number of carbonyl (C=O) groups is 1. The highest BCUT2D eigenvalue weighted by Crippen LogP contribution is 2.23. The van der Waals surface area contributed by atoms with Crippen molar-refractivity contribution in [1.29, 1.82) is 0 Å². The molecule has 6 nitrogen and oxygen atoms in total. The molecule has 0 saturated carbocycles. The molecule has 1 amide bonds. The molecule has 0 spiro atoms. The number of nitrogens with one attached hydrogen (secondary N) is 1. The van der Waals surface area contributed by atoms with Crippen LogP contribution in [0.4, 0.5) is 17.2 Å². The van der Waals surface area contributed by atoms with Crippen LogP contribution >= 0.6 is 0 Å². The van der Waals surface area contributed by atoms with Crippen LogP contribution in [0.25, 0.3) is 0 Å². The maximum Gasteiger partial charge on any atom is 0.257 e. The van der Waals surface area contributed by atoms with Crippen LogP contribution in [0.1, 0.15) is 21.5 Å². The van der Waals surface area contributed by atoms with Gasteiger partial charge in [-0.3, -0.25) is 9.48 Å². The lowest BCUT2D eigenvalue weighted by Gasteiger charge is -2.08. The summed E-state index contributed by atoms with van der Waals surface area (Å²) in [5.41, 5.74) is 4.03. The Hall–Kier alpha value is -3.28. The predicted octanol–water partition coefficient (Wildman–Crippen LogP) is 4.70. The number of carbonyl (C=O) groups excluding carboxylic acids is 1. The normalized spacial score (nSPS) is 11.0. The number of amides is 1. The van der Waals surface area contributed by atoms with E-state index in [9.17, 15) is 4.79 Å². The second-order valence-electron chi connectivity index (χ2n) is 5.78. The van der Waals surface area contributed by atoms with E-state index in [0.717, 1.165) is 16.8 Å². The van der Waals surface area contributed by atoms with Crippen LogP contribution in [0.3, 0.4) is 0 Å². The van der Waals surface area contributed by atoms with E-state index in [4.69, 9.17) is 0 Å². The molecule has 6 heteroatoms. The molecule has 2 aromatic carbocycles. The van der Waals surface area contributed by atoms with Gasteiger partial charge in [0.05, 0.1) is 17.6 Å². The van der Waals surface area contributed by atoms with Gasteiger partial charge in [0.1, 0.15) is 5.82 Å². The summed E-state index contributed by atoms with van der Waals surface area (Å²) in [6, 6.07) is 14.9. The van der Waals surface area contributed by atoms with Crippen molar-refractivity contribution in [3.8, 4) is 0 Å². The highest BCUT2D eigenvalue weighted by molar-refractivity contribution is 6.05. The second kappa shape index (κ2) is 7.09. The van der Waals surface area contributed by atoms with Crippen molar-refractivity contribution < 1.29 is 4.79 Å². The van der Waals surface area contributed by atoms with Crippen molar-refractivity contribution in [1.82, 2.24) is 9.78 Å². The first-order valence-corrected chi connectivity index (χ1v) is 7.92. The lowest BCUT2D eigenvalue weighted by atomic mass is 10.1. The fourth-order valence-electron chi connectivity index (χ4n) is 2.43. The van der Waals surface area contributed by atoms with Gasteiger partial charge in [-0.15, -0.1) is 0 Å². The summed E-state index contributed by atoms with van der Waals surface area (Å²) in [5.74, 6) is 0.469.